The van der Waals surface area contributed by atoms with Gasteiger partial charge in [0, 0.05) is 17.5 Å². The zero-order valence-corrected chi connectivity index (χ0v) is 8.30. The van der Waals surface area contributed by atoms with Crippen LogP contribution in [0.3, 0.4) is 0 Å². The summed E-state index contributed by atoms with van der Waals surface area (Å²) in [5.41, 5.74) is 0. The number of aromatic nitrogens is 1. The fourth-order valence-corrected chi connectivity index (χ4v) is 1.88. The molecule has 13 heavy (non-hydrogen) atoms. The molecule has 1 fully saturated rings. The van der Waals surface area contributed by atoms with Crippen LogP contribution < -0.4 is 5.32 Å². The first-order chi connectivity index (χ1) is 6.27. The Kier molecular flexibility index (Phi) is 2.31. The van der Waals surface area contributed by atoms with Crippen LogP contribution in [0, 0.1) is 11.8 Å². The summed E-state index contributed by atoms with van der Waals surface area (Å²) in [4.78, 5) is 15.5. The molecule has 3 nitrogen and oxygen atoms in total. The van der Waals surface area contributed by atoms with Crippen molar-refractivity contribution >= 4 is 17.2 Å². The molecular formula is C9H12N2OS. The second-order valence-corrected chi connectivity index (χ2v) is 4.44. The third kappa shape index (κ3) is 2.06. The van der Waals surface area contributed by atoms with Gasteiger partial charge in [0.2, 0.25) is 5.91 Å². The van der Waals surface area contributed by atoms with Gasteiger partial charge in [-0.05, 0) is 12.3 Å². The molecule has 1 N–H and O–H groups in total. The van der Waals surface area contributed by atoms with Gasteiger partial charge in [0.25, 0.3) is 0 Å². The minimum Gasteiger partial charge on any atom is -0.349 e. The lowest BCUT2D eigenvalue weighted by Crippen LogP contribution is -2.24. The van der Waals surface area contributed by atoms with Crippen molar-refractivity contribution in [2.45, 2.75) is 19.9 Å². The highest BCUT2D eigenvalue weighted by Gasteiger charge is 2.38. The first kappa shape index (κ1) is 8.69. The molecule has 0 saturated heterocycles. The Morgan fingerprint density at radius 2 is 2.62 bits per heavy atom. The van der Waals surface area contributed by atoms with Gasteiger partial charge in [-0.2, -0.15) is 0 Å². The second-order valence-electron chi connectivity index (χ2n) is 3.46. The van der Waals surface area contributed by atoms with Gasteiger partial charge >= 0.3 is 0 Å². The van der Waals surface area contributed by atoms with Crippen molar-refractivity contribution in [2.75, 3.05) is 0 Å². The zero-order chi connectivity index (χ0) is 9.26. The molecule has 2 unspecified atom stereocenters. The van der Waals surface area contributed by atoms with Crippen LogP contribution in [0.25, 0.3) is 0 Å². The molecule has 0 aromatic carbocycles. The van der Waals surface area contributed by atoms with Gasteiger partial charge in [-0.25, -0.2) is 4.98 Å². The van der Waals surface area contributed by atoms with E-state index in [4.69, 9.17) is 0 Å². The van der Waals surface area contributed by atoms with Crippen molar-refractivity contribution in [2.24, 2.45) is 11.8 Å². The summed E-state index contributed by atoms with van der Waals surface area (Å²) in [5, 5.41) is 5.78. The topological polar surface area (TPSA) is 42.0 Å². The summed E-state index contributed by atoms with van der Waals surface area (Å²) < 4.78 is 0. The molecule has 1 aromatic rings. The van der Waals surface area contributed by atoms with E-state index in [0.717, 1.165) is 11.4 Å². The van der Waals surface area contributed by atoms with E-state index in [0.29, 0.717) is 12.5 Å². The summed E-state index contributed by atoms with van der Waals surface area (Å²) in [6.45, 7) is 2.69. The molecule has 4 heteroatoms. The summed E-state index contributed by atoms with van der Waals surface area (Å²) in [5.74, 6) is 1.03. The first-order valence-corrected chi connectivity index (χ1v) is 5.31. The van der Waals surface area contributed by atoms with Crippen LogP contribution in [0.15, 0.2) is 11.6 Å². The van der Waals surface area contributed by atoms with E-state index < -0.39 is 0 Å². The number of carbonyl (C=O) groups is 1. The quantitative estimate of drug-likeness (QED) is 0.794. The molecule has 1 aliphatic rings. The molecule has 0 spiro atoms. The molecule has 1 saturated carbocycles. The lowest BCUT2D eigenvalue weighted by Gasteiger charge is -2.00. The van der Waals surface area contributed by atoms with Gasteiger partial charge in [-0.3, -0.25) is 4.79 Å². The maximum absolute atomic E-state index is 11.4. The maximum Gasteiger partial charge on any atom is 0.223 e. The zero-order valence-electron chi connectivity index (χ0n) is 7.49. The Bertz CT molecular complexity index is 297. The van der Waals surface area contributed by atoms with Gasteiger partial charge in [0.15, 0.2) is 0 Å². The van der Waals surface area contributed by atoms with E-state index in [-0.39, 0.29) is 11.8 Å². The smallest absolute Gasteiger partial charge is 0.223 e. The van der Waals surface area contributed by atoms with E-state index in [9.17, 15) is 4.79 Å². The molecule has 1 aliphatic carbocycles. The number of amides is 1. The SMILES string of the molecule is CC1CC1C(=O)NCc1nccs1. The Labute approximate surface area is 81.2 Å². The molecule has 1 amide bonds. The van der Waals surface area contributed by atoms with E-state index in [1.165, 1.54) is 0 Å². The molecule has 70 valence electrons. The van der Waals surface area contributed by atoms with Crippen LogP contribution in [0.2, 0.25) is 0 Å². The normalized spacial score (nSPS) is 25.6. The largest absolute Gasteiger partial charge is 0.349 e. The highest BCUT2D eigenvalue weighted by molar-refractivity contribution is 7.09. The molecule has 1 heterocycles. The Morgan fingerprint density at radius 3 is 3.15 bits per heavy atom. The third-order valence-corrected chi connectivity index (χ3v) is 3.12. The van der Waals surface area contributed by atoms with Crippen LogP contribution in [-0.2, 0) is 11.3 Å². The van der Waals surface area contributed by atoms with E-state index >= 15 is 0 Å². The number of nitrogens with zero attached hydrogens (tertiary/aromatic N) is 1. The van der Waals surface area contributed by atoms with E-state index in [1.807, 2.05) is 5.38 Å². The minimum absolute atomic E-state index is 0.183. The van der Waals surface area contributed by atoms with Gasteiger partial charge in [0.1, 0.15) is 5.01 Å². The van der Waals surface area contributed by atoms with Crippen LogP contribution in [0.1, 0.15) is 18.4 Å². The Hall–Kier alpha value is -0.900. The van der Waals surface area contributed by atoms with E-state index in [2.05, 4.69) is 17.2 Å². The number of thiazole rings is 1. The third-order valence-electron chi connectivity index (χ3n) is 2.34. The lowest BCUT2D eigenvalue weighted by atomic mass is 10.3. The van der Waals surface area contributed by atoms with Crippen molar-refractivity contribution in [1.82, 2.24) is 10.3 Å². The molecule has 2 atom stereocenters. The average Bonchev–Trinajstić information content (AvgIpc) is 2.68. The summed E-state index contributed by atoms with van der Waals surface area (Å²) in [7, 11) is 0. The predicted octanol–water partition coefficient (Wildman–Crippen LogP) is 1.42. The fraction of sp³-hybridized carbons (Fsp3) is 0.556. The number of rotatable bonds is 3. The number of hydrogen-bond donors (Lipinski definition) is 1. The summed E-state index contributed by atoms with van der Waals surface area (Å²) in [6.07, 6.45) is 2.80. The number of hydrogen-bond acceptors (Lipinski definition) is 3. The van der Waals surface area contributed by atoms with Crippen molar-refractivity contribution in [3.63, 3.8) is 0 Å². The molecule has 0 aliphatic heterocycles. The highest BCUT2D eigenvalue weighted by atomic mass is 32.1. The summed E-state index contributed by atoms with van der Waals surface area (Å²) >= 11 is 1.57. The minimum atomic E-state index is 0.183. The van der Waals surface area contributed by atoms with E-state index in [1.54, 1.807) is 17.5 Å². The average molecular weight is 196 g/mol. The van der Waals surface area contributed by atoms with Crippen molar-refractivity contribution in [3.8, 4) is 0 Å². The predicted molar refractivity (Wildman–Crippen MR) is 51.2 cm³/mol. The van der Waals surface area contributed by atoms with Gasteiger partial charge in [0.05, 0.1) is 6.54 Å². The van der Waals surface area contributed by atoms with Crippen molar-refractivity contribution in [3.05, 3.63) is 16.6 Å². The van der Waals surface area contributed by atoms with Crippen LogP contribution in [-0.4, -0.2) is 10.9 Å². The second kappa shape index (κ2) is 3.46. The molecular weight excluding hydrogens is 184 g/mol. The highest BCUT2D eigenvalue weighted by Crippen LogP contribution is 2.37. The fourth-order valence-electron chi connectivity index (χ4n) is 1.32. The Morgan fingerprint density at radius 1 is 1.85 bits per heavy atom. The van der Waals surface area contributed by atoms with Gasteiger partial charge in [-0.1, -0.05) is 6.92 Å². The maximum atomic E-state index is 11.4. The van der Waals surface area contributed by atoms with Crippen molar-refractivity contribution < 1.29 is 4.79 Å². The number of nitrogens with one attached hydrogen (secondary N) is 1. The van der Waals surface area contributed by atoms with Crippen LogP contribution in [0.5, 0.6) is 0 Å². The van der Waals surface area contributed by atoms with Crippen LogP contribution >= 0.6 is 11.3 Å². The Balaban J connectivity index is 1.77. The molecule has 2 rings (SSSR count). The molecule has 0 radical (unpaired) electrons. The standard InChI is InChI=1S/C9H12N2OS/c1-6-4-7(6)9(12)11-5-8-10-2-3-13-8/h2-3,6-7H,4-5H2,1H3,(H,11,12). The summed E-state index contributed by atoms with van der Waals surface area (Å²) in [6, 6.07) is 0. The number of carbonyl (C=O) groups excluding carboxylic acids is 1. The molecule has 0 bridgehead atoms. The van der Waals surface area contributed by atoms with Gasteiger partial charge < -0.3 is 5.32 Å². The van der Waals surface area contributed by atoms with Crippen LogP contribution in [0.4, 0.5) is 0 Å². The lowest BCUT2D eigenvalue weighted by molar-refractivity contribution is -0.122. The van der Waals surface area contributed by atoms with Crippen molar-refractivity contribution in [1.29, 1.82) is 0 Å². The van der Waals surface area contributed by atoms with Gasteiger partial charge in [-0.15, -0.1) is 11.3 Å². The molecule has 1 aromatic heterocycles. The first-order valence-electron chi connectivity index (χ1n) is 4.43. The monoisotopic (exact) mass is 196 g/mol.